The second-order valence-corrected chi connectivity index (χ2v) is 6.35. The molecule has 0 saturated heterocycles. The van der Waals surface area contributed by atoms with Crippen LogP contribution in [-0.4, -0.2) is 21.4 Å². The van der Waals surface area contributed by atoms with Gasteiger partial charge < -0.3 is 15.2 Å². The van der Waals surface area contributed by atoms with Crippen LogP contribution >= 0.6 is 0 Å². The lowest BCUT2D eigenvalue weighted by molar-refractivity contribution is 0.0894. The Balaban J connectivity index is 1.49. The van der Waals surface area contributed by atoms with Crippen LogP contribution in [0.2, 0.25) is 0 Å². The maximum atomic E-state index is 13.1. The molecule has 0 aliphatic carbocycles. The number of fused-ring (bicyclic) bond motifs is 1. The second kappa shape index (κ2) is 7.03. The number of halogens is 1. The van der Waals surface area contributed by atoms with Crippen molar-refractivity contribution in [3.8, 4) is 0 Å². The number of carbonyl (C=O) groups is 2. The molecule has 2 amide bonds. The molecule has 2 heterocycles. The van der Waals surface area contributed by atoms with Crippen molar-refractivity contribution in [1.29, 1.82) is 0 Å². The summed E-state index contributed by atoms with van der Waals surface area (Å²) >= 11 is 0. The Morgan fingerprint density at radius 1 is 1.19 bits per heavy atom. The van der Waals surface area contributed by atoms with Gasteiger partial charge in [0.25, 0.3) is 11.8 Å². The largest absolute Gasteiger partial charge is 0.347 e. The summed E-state index contributed by atoms with van der Waals surface area (Å²) in [5, 5.41) is 5.64. The Bertz CT molecular complexity index is 983. The predicted molar refractivity (Wildman–Crippen MR) is 96.4 cm³/mol. The van der Waals surface area contributed by atoms with E-state index in [9.17, 15) is 14.0 Å². The third-order valence-corrected chi connectivity index (χ3v) is 4.47. The average Bonchev–Trinajstić information content (AvgIpc) is 3.12. The van der Waals surface area contributed by atoms with Crippen LogP contribution in [0.25, 0.3) is 0 Å². The summed E-state index contributed by atoms with van der Waals surface area (Å²) in [5.41, 5.74) is 1.96. The highest BCUT2D eigenvalue weighted by molar-refractivity contribution is 5.96. The van der Waals surface area contributed by atoms with E-state index in [2.05, 4.69) is 15.6 Å². The molecule has 0 spiro atoms. The first-order valence-electron chi connectivity index (χ1n) is 8.56. The zero-order chi connectivity index (χ0) is 18.8. The van der Waals surface area contributed by atoms with E-state index < -0.39 is 0 Å². The van der Waals surface area contributed by atoms with Gasteiger partial charge in [0, 0.05) is 19.3 Å². The first-order chi connectivity index (χ1) is 13.1. The lowest BCUT2D eigenvalue weighted by Crippen LogP contribution is -2.38. The summed E-state index contributed by atoms with van der Waals surface area (Å²) in [6.45, 7) is 0.804. The van der Waals surface area contributed by atoms with E-state index in [1.165, 1.54) is 12.1 Å². The molecule has 0 fully saturated rings. The van der Waals surface area contributed by atoms with E-state index in [1.54, 1.807) is 22.9 Å². The highest BCUT2D eigenvalue weighted by Gasteiger charge is 2.28. The monoisotopic (exact) mass is 364 g/mol. The molecule has 1 aromatic heterocycles. The minimum atomic E-state index is -0.363. The van der Waals surface area contributed by atoms with Gasteiger partial charge in [0.1, 0.15) is 11.5 Å². The molecule has 1 unspecified atom stereocenters. The first kappa shape index (κ1) is 17.0. The number of nitrogens with zero attached hydrogens (tertiary/aromatic N) is 2. The molecule has 6 nitrogen and oxygen atoms in total. The van der Waals surface area contributed by atoms with Gasteiger partial charge in [-0.25, -0.2) is 9.37 Å². The van der Waals surface area contributed by atoms with Crippen LogP contribution in [0.4, 0.5) is 4.39 Å². The number of amides is 2. The number of aromatic nitrogens is 2. The van der Waals surface area contributed by atoms with Gasteiger partial charge in [0.2, 0.25) is 0 Å². The molecule has 4 rings (SSSR count). The molecule has 1 atom stereocenters. The molecule has 1 aliphatic rings. The summed E-state index contributed by atoms with van der Waals surface area (Å²) < 4.78 is 14.8. The van der Waals surface area contributed by atoms with E-state index in [-0.39, 0.29) is 35.2 Å². The van der Waals surface area contributed by atoms with Gasteiger partial charge >= 0.3 is 0 Å². The number of hydrogen-bond donors (Lipinski definition) is 2. The van der Waals surface area contributed by atoms with Gasteiger partial charge in [-0.05, 0) is 23.3 Å². The van der Waals surface area contributed by atoms with Crippen LogP contribution in [-0.2, 0) is 13.1 Å². The van der Waals surface area contributed by atoms with Crippen molar-refractivity contribution < 1.29 is 14.0 Å². The minimum absolute atomic E-state index is 0.191. The summed E-state index contributed by atoms with van der Waals surface area (Å²) in [6, 6.07) is 15.2. The molecule has 0 radical (unpaired) electrons. The van der Waals surface area contributed by atoms with Gasteiger partial charge in [0.15, 0.2) is 5.82 Å². The van der Waals surface area contributed by atoms with Crippen LogP contribution in [0.1, 0.15) is 38.3 Å². The number of hydrogen-bond acceptors (Lipinski definition) is 3. The highest BCUT2D eigenvalue weighted by Crippen LogP contribution is 2.21. The van der Waals surface area contributed by atoms with E-state index in [0.717, 1.165) is 11.1 Å². The third-order valence-electron chi connectivity index (χ3n) is 4.47. The Hall–Kier alpha value is -3.48. The van der Waals surface area contributed by atoms with Gasteiger partial charge in [-0.1, -0.05) is 42.5 Å². The van der Waals surface area contributed by atoms with Gasteiger partial charge in [0.05, 0.1) is 6.04 Å². The summed E-state index contributed by atoms with van der Waals surface area (Å²) in [6.07, 6.45) is 1.57. The zero-order valence-corrected chi connectivity index (χ0v) is 14.4. The van der Waals surface area contributed by atoms with Gasteiger partial charge in [-0.15, -0.1) is 0 Å². The van der Waals surface area contributed by atoms with E-state index in [0.29, 0.717) is 13.1 Å². The molecule has 2 N–H and O–H groups in total. The Labute approximate surface area is 155 Å². The second-order valence-electron chi connectivity index (χ2n) is 6.35. The van der Waals surface area contributed by atoms with Crippen molar-refractivity contribution in [3.05, 3.63) is 89.3 Å². The van der Waals surface area contributed by atoms with Crippen LogP contribution < -0.4 is 10.6 Å². The maximum absolute atomic E-state index is 13.1. The van der Waals surface area contributed by atoms with Crippen molar-refractivity contribution >= 4 is 11.8 Å². The fraction of sp³-hybridized carbons (Fsp3) is 0.150. The lowest BCUT2D eigenvalue weighted by atomic mass is 10.1. The highest BCUT2D eigenvalue weighted by atomic mass is 19.1. The average molecular weight is 364 g/mol. The molecule has 0 bridgehead atoms. The van der Waals surface area contributed by atoms with Gasteiger partial charge in [-0.3, -0.25) is 9.59 Å². The standard InChI is InChI=1S/C20H17FN4O2/c21-15-8-6-14(7-9-15)16-11-25-12-17(23-18(25)20(27)24-16)19(26)22-10-13-4-2-1-3-5-13/h1-9,12,16H,10-11H2,(H,22,26)(H,24,27). The summed E-state index contributed by atoms with van der Waals surface area (Å²) in [4.78, 5) is 28.9. The molecule has 27 heavy (non-hydrogen) atoms. The van der Waals surface area contributed by atoms with Crippen molar-refractivity contribution in [2.75, 3.05) is 0 Å². The summed E-state index contributed by atoms with van der Waals surface area (Å²) in [5.74, 6) is -0.843. The van der Waals surface area contributed by atoms with Crippen LogP contribution in [0, 0.1) is 5.82 Å². The predicted octanol–water partition coefficient (Wildman–Crippen LogP) is 2.44. The lowest BCUT2D eigenvalue weighted by Gasteiger charge is -2.25. The van der Waals surface area contributed by atoms with E-state index in [1.807, 2.05) is 30.3 Å². The van der Waals surface area contributed by atoms with E-state index >= 15 is 0 Å². The number of rotatable bonds is 4. The molecule has 2 aromatic carbocycles. The fourth-order valence-corrected chi connectivity index (χ4v) is 3.06. The van der Waals surface area contributed by atoms with Crippen LogP contribution in [0.5, 0.6) is 0 Å². The van der Waals surface area contributed by atoms with Gasteiger partial charge in [-0.2, -0.15) is 0 Å². The molecule has 1 aliphatic heterocycles. The maximum Gasteiger partial charge on any atom is 0.287 e. The quantitative estimate of drug-likeness (QED) is 0.747. The van der Waals surface area contributed by atoms with Crippen molar-refractivity contribution in [2.24, 2.45) is 0 Å². The number of benzene rings is 2. The van der Waals surface area contributed by atoms with Crippen LogP contribution in [0.15, 0.2) is 60.8 Å². The minimum Gasteiger partial charge on any atom is -0.347 e. The third kappa shape index (κ3) is 3.57. The topological polar surface area (TPSA) is 76.0 Å². The summed E-state index contributed by atoms with van der Waals surface area (Å²) in [7, 11) is 0. The Kier molecular flexibility index (Phi) is 4.42. The van der Waals surface area contributed by atoms with Crippen LogP contribution in [0.3, 0.4) is 0 Å². The molecule has 136 valence electrons. The number of imidazole rings is 1. The molecular weight excluding hydrogens is 347 g/mol. The molecular formula is C20H17FN4O2. The fourth-order valence-electron chi connectivity index (χ4n) is 3.06. The van der Waals surface area contributed by atoms with Crippen molar-refractivity contribution in [1.82, 2.24) is 20.2 Å². The molecule has 0 saturated carbocycles. The Morgan fingerprint density at radius 3 is 2.67 bits per heavy atom. The SMILES string of the molecule is O=C(NCc1ccccc1)c1cn2c(n1)C(=O)NC(c1ccc(F)cc1)C2. The number of carbonyl (C=O) groups excluding carboxylic acids is 2. The van der Waals surface area contributed by atoms with Crippen molar-refractivity contribution in [2.45, 2.75) is 19.1 Å². The van der Waals surface area contributed by atoms with E-state index in [4.69, 9.17) is 0 Å². The van der Waals surface area contributed by atoms with Crippen molar-refractivity contribution in [3.63, 3.8) is 0 Å². The zero-order valence-electron chi connectivity index (χ0n) is 14.4. The normalized spacial score (nSPS) is 15.7. The smallest absolute Gasteiger partial charge is 0.287 e. The molecule has 3 aromatic rings. The molecule has 7 heteroatoms. The number of nitrogens with one attached hydrogen (secondary N) is 2. The Morgan fingerprint density at radius 2 is 1.93 bits per heavy atom. The first-order valence-corrected chi connectivity index (χ1v) is 8.56.